The van der Waals surface area contributed by atoms with Crippen LogP contribution in [0.15, 0.2) is 42.9 Å². The summed E-state index contributed by atoms with van der Waals surface area (Å²) in [5.74, 6) is 0.591. The van der Waals surface area contributed by atoms with Gasteiger partial charge in [0.2, 0.25) is 10.6 Å². The second kappa shape index (κ2) is 6.36. The van der Waals surface area contributed by atoms with Crippen molar-refractivity contribution < 1.29 is 9.53 Å². The molecule has 1 amide bonds. The number of aromatic nitrogens is 5. The Balaban J connectivity index is 1.93. The van der Waals surface area contributed by atoms with Gasteiger partial charge in [-0.25, -0.2) is 14.8 Å². The molecule has 23 heavy (non-hydrogen) atoms. The van der Waals surface area contributed by atoms with Crippen LogP contribution in [0, 0.1) is 4.77 Å². The molecular weight excluding hydrogens is 316 g/mol. The van der Waals surface area contributed by atoms with E-state index in [0.29, 0.717) is 22.8 Å². The number of aromatic amines is 1. The number of methoxy groups -OCH3 is 1. The summed E-state index contributed by atoms with van der Waals surface area (Å²) in [6.45, 7) is 0. The summed E-state index contributed by atoms with van der Waals surface area (Å²) in [6.07, 6.45) is 4.60. The van der Waals surface area contributed by atoms with Crippen LogP contribution in [0.2, 0.25) is 0 Å². The van der Waals surface area contributed by atoms with Gasteiger partial charge in [0.15, 0.2) is 0 Å². The van der Waals surface area contributed by atoms with Gasteiger partial charge in [-0.15, -0.1) is 0 Å². The van der Waals surface area contributed by atoms with Crippen LogP contribution in [-0.2, 0) is 0 Å². The largest absolute Gasteiger partial charge is 0.497 e. The predicted octanol–water partition coefficient (Wildman–Crippen LogP) is 1.79. The van der Waals surface area contributed by atoms with Crippen LogP contribution in [0.5, 0.6) is 5.75 Å². The highest BCUT2D eigenvalue weighted by Crippen LogP contribution is 2.14. The highest BCUT2D eigenvalue weighted by Gasteiger charge is 2.14. The van der Waals surface area contributed by atoms with Crippen LogP contribution in [0.4, 0.5) is 0 Å². The number of benzene rings is 1. The molecule has 0 radical (unpaired) electrons. The van der Waals surface area contributed by atoms with E-state index in [0.717, 1.165) is 0 Å². The van der Waals surface area contributed by atoms with Crippen LogP contribution >= 0.6 is 12.2 Å². The zero-order valence-corrected chi connectivity index (χ0v) is 12.9. The summed E-state index contributed by atoms with van der Waals surface area (Å²) in [5.41, 5.74) is 3.59. The minimum atomic E-state index is -0.355. The van der Waals surface area contributed by atoms with Crippen molar-refractivity contribution in [1.29, 1.82) is 0 Å². The van der Waals surface area contributed by atoms with E-state index in [1.54, 1.807) is 30.5 Å². The molecule has 0 aliphatic carbocycles. The average Bonchev–Trinajstić information content (AvgIpc) is 2.96. The fourth-order valence-electron chi connectivity index (χ4n) is 1.92. The van der Waals surface area contributed by atoms with Gasteiger partial charge in [-0.2, -0.15) is 5.10 Å². The molecule has 2 N–H and O–H groups in total. The average molecular weight is 328 g/mol. The predicted molar refractivity (Wildman–Crippen MR) is 85.1 cm³/mol. The van der Waals surface area contributed by atoms with Gasteiger partial charge < -0.3 is 4.74 Å². The van der Waals surface area contributed by atoms with Gasteiger partial charge in [0.25, 0.3) is 5.91 Å². The Labute approximate surface area is 136 Å². The van der Waals surface area contributed by atoms with Crippen LogP contribution in [0.25, 0.3) is 11.5 Å². The Morgan fingerprint density at radius 3 is 3.00 bits per heavy atom. The third kappa shape index (κ3) is 3.09. The maximum Gasteiger partial charge on any atom is 0.270 e. The van der Waals surface area contributed by atoms with Crippen LogP contribution in [-0.4, -0.2) is 37.9 Å². The lowest BCUT2D eigenvalue weighted by Gasteiger charge is -2.09. The van der Waals surface area contributed by atoms with E-state index in [2.05, 4.69) is 25.6 Å². The van der Waals surface area contributed by atoms with Crippen LogP contribution in [0.1, 0.15) is 10.4 Å². The number of carbonyl (C=O) groups excluding carboxylic acids is 1. The number of nitrogens with one attached hydrogen (secondary N) is 2. The number of H-pyrrole nitrogens is 1. The van der Waals surface area contributed by atoms with E-state index in [1.807, 2.05) is 0 Å². The zero-order chi connectivity index (χ0) is 16.2. The third-order valence-corrected chi connectivity index (χ3v) is 3.28. The molecule has 8 nitrogen and oxygen atoms in total. The SMILES string of the molecule is COc1cccc(C(=O)Nn2c(-c3cnccn3)n[nH]c2=S)c1. The minimum absolute atomic E-state index is 0.238. The van der Waals surface area contributed by atoms with Gasteiger partial charge in [-0.1, -0.05) is 6.07 Å². The van der Waals surface area contributed by atoms with Gasteiger partial charge >= 0.3 is 0 Å². The van der Waals surface area contributed by atoms with Crippen molar-refractivity contribution in [2.45, 2.75) is 0 Å². The molecule has 0 fully saturated rings. The lowest BCUT2D eigenvalue weighted by atomic mass is 10.2. The summed E-state index contributed by atoms with van der Waals surface area (Å²) >= 11 is 5.15. The molecule has 0 atom stereocenters. The number of hydrogen-bond donors (Lipinski definition) is 2. The molecule has 3 rings (SSSR count). The molecule has 1 aromatic carbocycles. The van der Waals surface area contributed by atoms with Crippen molar-refractivity contribution >= 4 is 18.1 Å². The van der Waals surface area contributed by atoms with E-state index in [-0.39, 0.29) is 10.7 Å². The normalized spacial score (nSPS) is 10.3. The summed E-state index contributed by atoms with van der Waals surface area (Å²) in [4.78, 5) is 20.5. The van der Waals surface area contributed by atoms with Gasteiger partial charge in [0.1, 0.15) is 11.4 Å². The Morgan fingerprint density at radius 2 is 2.26 bits per heavy atom. The monoisotopic (exact) mass is 328 g/mol. The molecule has 0 bridgehead atoms. The Bertz CT molecular complexity index is 890. The first kappa shape index (κ1) is 14.9. The Hall–Kier alpha value is -3.07. The van der Waals surface area contributed by atoms with E-state index in [1.165, 1.54) is 24.2 Å². The van der Waals surface area contributed by atoms with Crippen molar-refractivity contribution in [3.05, 3.63) is 53.2 Å². The molecule has 116 valence electrons. The molecule has 0 spiro atoms. The molecule has 3 aromatic rings. The van der Waals surface area contributed by atoms with Crippen molar-refractivity contribution in [3.8, 4) is 17.3 Å². The topological polar surface area (TPSA) is 97.7 Å². The standard InChI is InChI=1S/C14H12N6O2S/c1-22-10-4-2-3-9(7-10)13(21)19-20-12(17-18-14(20)23)11-8-15-5-6-16-11/h2-8H,1H3,(H,18,23)(H,19,21). The molecule has 2 heterocycles. The molecular formula is C14H12N6O2S. The lowest BCUT2D eigenvalue weighted by molar-refractivity contribution is 0.101. The maximum atomic E-state index is 12.4. The highest BCUT2D eigenvalue weighted by molar-refractivity contribution is 7.71. The summed E-state index contributed by atoms with van der Waals surface area (Å²) in [5, 5.41) is 6.69. The van der Waals surface area contributed by atoms with Crippen molar-refractivity contribution in [2.24, 2.45) is 0 Å². The van der Waals surface area contributed by atoms with Gasteiger partial charge in [-0.3, -0.25) is 15.2 Å². The molecule has 0 aliphatic rings. The molecule has 0 saturated heterocycles. The van der Waals surface area contributed by atoms with E-state index >= 15 is 0 Å². The van der Waals surface area contributed by atoms with Crippen molar-refractivity contribution in [1.82, 2.24) is 24.8 Å². The van der Waals surface area contributed by atoms with Crippen molar-refractivity contribution in [2.75, 3.05) is 12.5 Å². The molecule has 0 saturated carbocycles. The quantitative estimate of drug-likeness (QED) is 0.709. The molecule has 0 aliphatic heterocycles. The first-order valence-corrected chi connectivity index (χ1v) is 6.99. The van der Waals surface area contributed by atoms with Crippen molar-refractivity contribution in [3.63, 3.8) is 0 Å². The molecule has 9 heteroatoms. The number of hydrogen-bond acceptors (Lipinski definition) is 6. The number of ether oxygens (including phenoxy) is 1. The summed E-state index contributed by atoms with van der Waals surface area (Å²) in [6, 6.07) is 6.78. The summed E-state index contributed by atoms with van der Waals surface area (Å²) < 4.78 is 6.70. The van der Waals surface area contributed by atoms with Gasteiger partial charge in [0.05, 0.1) is 13.3 Å². The fourth-order valence-corrected chi connectivity index (χ4v) is 2.10. The summed E-state index contributed by atoms with van der Waals surface area (Å²) in [7, 11) is 1.54. The minimum Gasteiger partial charge on any atom is -0.497 e. The highest BCUT2D eigenvalue weighted by atomic mass is 32.1. The Kier molecular flexibility index (Phi) is 4.11. The number of carbonyl (C=O) groups is 1. The maximum absolute atomic E-state index is 12.4. The first-order chi connectivity index (χ1) is 11.2. The smallest absolute Gasteiger partial charge is 0.270 e. The number of rotatable bonds is 4. The number of nitrogens with zero attached hydrogens (tertiary/aromatic N) is 4. The second-order valence-electron chi connectivity index (χ2n) is 4.45. The second-order valence-corrected chi connectivity index (χ2v) is 4.84. The Morgan fingerprint density at radius 1 is 1.39 bits per heavy atom. The lowest BCUT2D eigenvalue weighted by Crippen LogP contribution is -2.24. The number of amides is 1. The van der Waals surface area contributed by atoms with Crippen LogP contribution in [0.3, 0.4) is 0 Å². The van der Waals surface area contributed by atoms with E-state index < -0.39 is 0 Å². The third-order valence-electron chi connectivity index (χ3n) is 3.01. The fraction of sp³-hybridized carbons (Fsp3) is 0.0714. The zero-order valence-electron chi connectivity index (χ0n) is 12.1. The molecule has 0 unspecified atom stereocenters. The van der Waals surface area contributed by atoms with E-state index in [9.17, 15) is 4.79 Å². The van der Waals surface area contributed by atoms with Crippen LogP contribution < -0.4 is 10.2 Å². The molecule has 2 aromatic heterocycles. The first-order valence-electron chi connectivity index (χ1n) is 6.58. The van der Waals surface area contributed by atoms with E-state index in [4.69, 9.17) is 17.0 Å². The van der Waals surface area contributed by atoms with Gasteiger partial charge in [0, 0.05) is 18.0 Å². The van der Waals surface area contributed by atoms with Gasteiger partial charge in [-0.05, 0) is 30.4 Å².